The minimum atomic E-state index is -3.85. The van der Waals surface area contributed by atoms with Crippen LogP contribution in [0.5, 0.6) is 0 Å². The van der Waals surface area contributed by atoms with Gasteiger partial charge < -0.3 is 4.74 Å². The molecule has 0 heterocycles. The van der Waals surface area contributed by atoms with Crippen LogP contribution in [-0.2, 0) is 19.6 Å². The van der Waals surface area contributed by atoms with Gasteiger partial charge in [-0.3, -0.25) is 4.79 Å². The Morgan fingerprint density at radius 2 is 1.95 bits per heavy atom. The van der Waals surface area contributed by atoms with Crippen LogP contribution in [0.4, 0.5) is 0 Å². The highest BCUT2D eigenvalue weighted by Gasteiger charge is 2.29. The average Bonchev–Trinajstić information content (AvgIpc) is 2.44. The lowest BCUT2D eigenvalue weighted by Gasteiger charge is -2.20. The summed E-state index contributed by atoms with van der Waals surface area (Å²) < 4.78 is 31.9. The molecule has 0 spiro atoms. The number of carbonyl (C=O) groups is 1. The number of nitrogens with one attached hydrogen (secondary N) is 1. The summed E-state index contributed by atoms with van der Waals surface area (Å²) in [6.07, 6.45) is 0. The first kappa shape index (κ1) is 18.1. The SMILES string of the molecule is Cc1ccc(S(=O)(=O)N[C@@H](C(=O)OCC#N)C(C)C)cc1C. The molecule has 120 valence electrons. The zero-order valence-corrected chi connectivity index (χ0v) is 13.9. The number of carbonyl (C=O) groups excluding carboxylic acids is 1. The van der Waals surface area contributed by atoms with E-state index in [1.807, 2.05) is 13.8 Å². The van der Waals surface area contributed by atoms with Crippen LogP contribution in [-0.4, -0.2) is 27.0 Å². The molecule has 1 N–H and O–H groups in total. The lowest BCUT2D eigenvalue weighted by molar-refractivity contribution is -0.145. The van der Waals surface area contributed by atoms with E-state index >= 15 is 0 Å². The fourth-order valence-corrected chi connectivity index (χ4v) is 3.18. The number of hydrogen-bond donors (Lipinski definition) is 1. The number of ether oxygens (including phenoxy) is 1. The highest BCUT2D eigenvalue weighted by atomic mass is 32.2. The van der Waals surface area contributed by atoms with Crippen LogP contribution < -0.4 is 4.72 Å². The second kappa shape index (κ2) is 7.38. The first-order valence-corrected chi connectivity index (χ1v) is 8.30. The summed E-state index contributed by atoms with van der Waals surface area (Å²) >= 11 is 0. The van der Waals surface area contributed by atoms with Crippen molar-refractivity contribution in [1.82, 2.24) is 4.72 Å². The van der Waals surface area contributed by atoms with Crippen molar-refractivity contribution in [3.05, 3.63) is 29.3 Å². The summed E-state index contributed by atoms with van der Waals surface area (Å²) in [5.41, 5.74) is 1.82. The molecule has 0 aliphatic rings. The molecular weight excluding hydrogens is 304 g/mol. The zero-order valence-electron chi connectivity index (χ0n) is 13.1. The van der Waals surface area contributed by atoms with E-state index in [-0.39, 0.29) is 10.8 Å². The molecular formula is C15H20N2O4S. The maximum atomic E-state index is 12.4. The largest absolute Gasteiger partial charge is 0.449 e. The van der Waals surface area contributed by atoms with Gasteiger partial charge >= 0.3 is 5.97 Å². The van der Waals surface area contributed by atoms with Crippen LogP contribution in [0, 0.1) is 31.1 Å². The van der Waals surface area contributed by atoms with Crippen molar-refractivity contribution in [3.8, 4) is 6.07 Å². The number of sulfonamides is 1. The Balaban J connectivity index is 3.03. The van der Waals surface area contributed by atoms with E-state index in [0.717, 1.165) is 11.1 Å². The molecule has 0 fully saturated rings. The number of benzene rings is 1. The smallest absolute Gasteiger partial charge is 0.325 e. The van der Waals surface area contributed by atoms with Gasteiger partial charge in [-0.05, 0) is 43.0 Å². The van der Waals surface area contributed by atoms with Crippen LogP contribution in [0.25, 0.3) is 0 Å². The van der Waals surface area contributed by atoms with Crippen molar-refractivity contribution in [3.63, 3.8) is 0 Å². The van der Waals surface area contributed by atoms with Crippen molar-refractivity contribution in [1.29, 1.82) is 5.26 Å². The Kier molecular flexibility index (Phi) is 6.09. The normalized spacial score (nSPS) is 12.7. The molecule has 0 bridgehead atoms. The average molecular weight is 324 g/mol. The van der Waals surface area contributed by atoms with Gasteiger partial charge in [0.1, 0.15) is 12.1 Å². The minimum Gasteiger partial charge on any atom is -0.449 e. The molecule has 0 aromatic heterocycles. The fraction of sp³-hybridized carbons (Fsp3) is 0.467. The molecule has 0 saturated carbocycles. The van der Waals surface area contributed by atoms with Crippen molar-refractivity contribution in [2.75, 3.05) is 6.61 Å². The van der Waals surface area contributed by atoms with Crippen LogP contribution in [0.15, 0.2) is 23.1 Å². The number of nitriles is 1. The van der Waals surface area contributed by atoms with E-state index in [9.17, 15) is 13.2 Å². The summed E-state index contributed by atoms with van der Waals surface area (Å²) in [5, 5.41) is 8.44. The molecule has 0 aliphatic heterocycles. The third-order valence-corrected chi connectivity index (χ3v) is 4.71. The molecule has 0 saturated heterocycles. The van der Waals surface area contributed by atoms with Gasteiger partial charge in [0.15, 0.2) is 6.61 Å². The third kappa shape index (κ3) is 4.55. The Hall–Kier alpha value is -1.91. The molecule has 1 aromatic rings. The maximum Gasteiger partial charge on any atom is 0.325 e. The van der Waals surface area contributed by atoms with Gasteiger partial charge in [-0.2, -0.15) is 9.98 Å². The molecule has 6 nitrogen and oxygen atoms in total. The lowest BCUT2D eigenvalue weighted by Crippen LogP contribution is -2.45. The Bertz CT molecular complexity index is 690. The molecule has 0 amide bonds. The summed E-state index contributed by atoms with van der Waals surface area (Å²) in [6.45, 7) is 6.68. The van der Waals surface area contributed by atoms with Gasteiger partial charge in [0.2, 0.25) is 10.0 Å². The predicted molar refractivity (Wildman–Crippen MR) is 81.4 cm³/mol. The van der Waals surface area contributed by atoms with E-state index in [2.05, 4.69) is 4.72 Å². The van der Waals surface area contributed by atoms with Crippen molar-refractivity contribution in [2.45, 2.75) is 38.6 Å². The molecule has 0 aliphatic carbocycles. The molecule has 0 unspecified atom stereocenters. The summed E-state index contributed by atoms with van der Waals surface area (Å²) in [6, 6.07) is 5.39. The van der Waals surface area contributed by atoms with Crippen molar-refractivity contribution < 1.29 is 17.9 Å². The second-order valence-electron chi connectivity index (χ2n) is 5.35. The number of esters is 1. The number of aryl methyl sites for hydroxylation is 2. The van der Waals surface area contributed by atoms with E-state index in [0.29, 0.717) is 0 Å². The van der Waals surface area contributed by atoms with E-state index in [1.54, 1.807) is 32.0 Å². The molecule has 1 rings (SSSR count). The first-order chi connectivity index (χ1) is 10.2. The highest BCUT2D eigenvalue weighted by molar-refractivity contribution is 7.89. The number of hydrogen-bond acceptors (Lipinski definition) is 5. The monoisotopic (exact) mass is 324 g/mol. The van der Waals surface area contributed by atoms with E-state index < -0.39 is 28.6 Å². The van der Waals surface area contributed by atoms with E-state index in [1.165, 1.54) is 6.07 Å². The molecule has 1 aromatic carbocycles. The van der Waals surface area contributed by atoms with Gasteiger partial charge in [0.05, 0.1) is 4.90 Å². The summed E-state index contributed by atoms with van der Waals surface area (Å²) in [4.78, 5) is 12.0. The second-order valence-corrected chi connectivity index (χ2v) is 7.07. The van der Waals surface area contributed by atoms with Gasteiger partial charge in [-0.1, -0.05) is 19.9 Å². The number of rotatable bonds is 6. The van der Waals surface area contributed by atoms with Crippen LogP contribution in [0.2, 0.25) is 0 Å². The Morgan fingerprint density at radius 3 is 2.45 bits per heavy atom. The topological polar surface area (TPSA) is 96.3 Å². The highest BCUT2D eigenvalue weighted by Crippen LogP contribution is 2.16. The summed E-state index contributed by atoms with van der Waals surface area (Å²) in [5.74, 6) is -1.07. The first-order valence-electron chi connectivity index (χ1n) is 6.82. The van der Waals surface area contributed by atoms with Crippen LogP contribution >= 0.6 is 0 Å². The standard InChI is InChI=1S/C15H20N2O4S/c1-10(2)14(15(18)21-8-7-16)17-22(19,20)13-6-5-11(3)12(4)9-13/h5-6,9-10,14,17H,8H2,1-4H3/t14-/m1/s1. The molecule has 22 heavy (non-hydrogen) atoms. The van der Waals surface area contributed by atoms with Crippen LogP contribution in [0.3, 0.4) is 0 Å². The Labute approximate surface area is 131 Å². The number of nitrogens with zero attached hydrogens (tertiary/aromatic N) is 1. The lowest BCUT2D eigenvalue weighted by atomic mass is 10.1. The fourth-order valence-electron chi connectivity index (χ4n) is 1.77. The molecule has 7 heteroatoms. The van der Waals surface area contributed by atoms with Crippen molar-refractivity contribution in [2.24, 2.45) is 5.92 Å². The van der Waals surface area contributed by atoms with Gasteiger partial charge in [0.25, 0.3) is 0 Å². The quantitative estimate of drug-likeness (QED) is 0.803. The summed E-state index contributed by atoms with van der Waals surface area (Å²) in [7, 11) is -3.85. The predicted octanol–water partition coefficient (Wildman–Crippen LogP) is 1.67. The van der Waals surface area contributed by atoms with Crippen molar-refractivity contribution >= 4 is 16.0 Å². The molecule has 0 radical (unpaired) electrons. The minimum absolute atomic E-state index is 0.0920. The van der Waals surface area contributed by atoms with Gasteiger partial charge in [-0.25, -0.2) is 8.42 Å². The van der Waals surface area contributed by atoms with E-state index in [4.69, 9.17) is 10.00 Å². The molecule has 1 atom stereocenters. The Morgan fingerprint density at radius 1 is 1.32 bits per heavy atom. The maximum absolute atomic E-state index is 12.4. The zero-order chi connectivity index (χ0) is 16.9. The third-order valence-electron chi connectivity index (χ3n) is 3.27. The van der Waals surface area contributed by atoms with Crippen LogP contribution in [0.1, 0.15) is 25.0 Å². The van der Waals surface area contributed by atoms with Gasteiger partial charge in [-0.15, -0.1) is 0 Å². The van der Waals surface area contributed by atoms with Gasteiger partial charge in [0, 0.05) is 0 Å².